The van der Waals surface area contributed by atoms with Crippen molar-refractivity contribution in [2.24, 2.45) is 0 Å². The molecule has 2 rings (SSSR count). The first-order valence-electron chi connectivity index (χ1n) is 5.64. The van der Waals surface area contributed by atoms with Crippen LogP contribution in [0.4, 0.5) is 0 Å². The maximum atomic E-state index is 8.98. The molecule has 4 nitrogen and oxygen atoms in total. The van der Waals surface area contributed by atoms with Crippen LogP contribution in [0.1, 0.15) is 32.0 Å². The van der Waals surface area contributed by atoms with Crippen molar-refractivity contribution in [3.8, 4) is 5.69 Å². The number of hydrogen-bond donors (Lipinski definition) is 1. The Hall–Kier alpha value is -1.68. The van der Waals surface area contributed by atoms with E-state index in [0.717, 1.165) is 16.9 Å². The molecule has 17 heavy (non-hydrogen) atoms. The number of aromatic nitrogens is 3. The van der Waals surface area contributed by atoms with Crippen molar-refractivity contribution >= 4 is 0 Å². The highest BCUT2D eigenvalue weighted by Gasteiger charge is 2.17. The molecule has 0 saturated carbocycles. The van der Waals surface area contributed by atoms with Crippen LogP contribution in [0.15, 0.2) is 30.5 Å². The molecule has 0 fully saturated rings. The van der Waals surface area contributed by atoms with Crippen molar-refractivity contribution in [1.29, 1.82) is 0 Å². The van der Waals surface area contributed by atoms with Crippen LogP contribution in [0, 0.1) is 0 Å². The van der Waals surface area contributed by atoms with E-state index in [2.05, 4.69) is 31.1 Å². The standard InChI is InChI=1S/C13H17N3O/c1-13(2,3)12-8-16(15-14-12)11-6-4-10(9-17)5-7-11/h4-8,17H,9H2,1-3H3. The maximum absolute atomic E-state index is 8.98. The number of hydrogen-bond acceptors (Lipinski definition) is 3. The summed E-state index contributed by atoms with van der Waals surface area (Å²) in [4.78, 5) is 0. The van der Waals surface area contributed by atoms with Gasteiger partial charge in [0, 0.05) is 5.41 Å². The molecule has 0 radical (unpaired) electrons. The van der Waals surface area contributed by atoms with Gasteiger partial charge in [0.15, 0.2) is 0 Å². The minimum absolute atomic E-state index is 0.00326. The van der Waals surface area contributed by atoms with E-state index in [1.165, 1.54) is 0 Å². The number of rotatable bonds is 2. The SMILES string of the molecule is CC(C)(C)c1cn(-c2ccc(CO)cc2)nn1. The van der Waals surface area contributed by atoms with Crippen LogP contribution in [0.25, 0.3) is 5.69 Å². The molecule has 1 heterocycles. The third-order valence-electron chi connectivity index (χ3n) is 2.65. The Balaban J connectivity index is 2.30. The number of aliphatic hydroxyl groups is 1. The molecule has 1 aromatic carbocycles. The number of benzene rings is 1. The minimum Gasteiger partial charge on any atom is -0.392 e. The summed E-state index contributed by atoms with van der Waals surface area (Å²) in [6.07, 6.45) is 1.94. The van der Waals surface area contributed by atoms with E-state index >= 15 is 0 Å². The Morgan fingerprint density at radius 3 is 2.29 bits per heavy atom. The van der Waals surface area contributed by atoms with E-state index in [9.17, 15) is 0 Å². The third kappa shape index (κ3) is 2.53. The average Bonchev–Trinajstić information content (AvgIpc) is 2.78. The van der Waals surface area contributed by atoms with Crippen LogP contribution in [-0.2, 0) is 12.0 Å². The fraction of sp³-hybridized carbons (Fsp3) is 0.385. The van der Waals surface area contributed by atoms with Gasteiger partial charge in [-0.05, 0) is 17.7 Å². The lowest BCUT2D eigenvalue weighted by molar-refractivity contribution is 0.282. The van der Waals surface area contributed by atoms with Crippen molar-refractivity contribution in [2.75, 3.05) is 0 Å². The van der Waals surface area contributed by atoms with Crippen LogP contribution in [-0.4, -0.2) is 20.1 Å². The second-order valence-corrected chi connectivity index (χ2v) is 5.12. The fourth-order valence-corrected chi connectivity index (χ4v) is 1.49. The zero-order chi connectivity index (χ0) is 12.5. The largest absolute Gasteiger partial charge is 0.392 e. The topological polar surface area (TPSA) is 50.9 Å². The molecule has 0 aliphatic heterocycles. The van der Waals surface area contributed by atoms with Gasteiger partial charge in [-0.2, -0.15) is 0 Å². The zero-order valence-electron chi connectivity index (χ0n) is 10.4. The molecular weight excluding hydrogens is 214 g/mol. The smallest absolute Gasteiger partial charge is 0.0885 e. The summed E-state index contributed by atoms with van der Waals surface area (Å²) >= 11 is 0. The van der Waals surface area contributed by atoms with Gasteiger partial charge < -0.3 is 5.11 Å². The summed E-state index contributed by atoms with van der Waals surface area (Å²) in [7, 11) is 0. The molecule has 1 N–H and O–H groups in total. The molecule has 0 aliphatic rings. The molecule has 90 valence electrons. The van der Waals surface area contributed by atoms with E-state index in [-0.39, 0.29) is 12.0 Å². The summed E-state index contributed by atoms with van der Waals surface area (Å²) < 4.78 is 1.75. The normalized spacial score (nSPS) is 11.8. The van der Waals surface area contributed by atoms with Crippen molar-refractivity contribution in [1.82, 2.24) is 15.0 Å². The first kappa shape index (κ1) is 11.8. The van der Waals surface area contributed by atoms with Gasteiger partial charge in [0.2, 0.25) is 0 Å². The predicted molar refractivity (Wildman–Crippen MR) is 66.0 cm³/mol. The molecule has 4 heteroatoms. The first-order valence-corrected chi connectivity index (χ1v) is 5.64. The van der Waals surface area contributed by atoms with E-state index in [4.69, 9.17) is 5.11 Å². The Morgan fingerprint density at radius 1 is 1.18 bits per heavy atom. The highest BCUT2D eigenvalue weighted by molar-refractivity contribution is 5.33. The lowest BCUT2D eigenvalue weighted by Gasteiger charge is -2.12. The monoisotopic (exact) mass is 231 g/mol. The van der Waals surface area contributed by atoms with Crippen LogP contribution in [0.3, 0.4) is 0 Å². The number of aliphatic hydroxyl groups excluding tert-OH is 1. The highest BCUT2D eigenvalue weighted by atomic mass is 16.3. The molecule has 0 spiro atoms. The minimum atomic E-state index is 0.00326. The molecule has 0 amide bonds. The molecular formula is C13H17N3O. The van der Waals surface area contributed by atoms with Crippen LogP contribution >= 0.6 is 0 Å². The Morgan fingerprint density at radius 2 is 1.82 bits per heavy atom. The molecule has 0 atom stereocenters. The van der Waals surface area contributed by atoms with Gasteiger partial charge in [0.05, 0.1) is 24.2 Å². The van der Waals surface area contributed by atoms with E-state index in [1.54, 1.807) is 4.68 Å². The maximum Gasteiger partial charge on any atom is 0.0885 e. The second-order valence-electron chi connectivity index (χ2n) is 5.12. The molecule has 2 aromatic rings. The Bertz CT molecular complexity index is 494. The fourth-order valence-electron chi connectivity index (χ4n) is 1.49. The molecule has 0 aliphatic carbocycles. The van der Waals surface area contributed by atoms with E-state index in [0.29, 0.717) is 0 Å². The summed E-state index contributed by atoms with van der Waals surface area (Å²) in [6, 6.07) is 7.61. The van der Waals surface area contributed by atoms with Crippen LogP contribution in [0.5, 0.6) is 0 Å². The zero-order valence-corrected chi connectivity index (χ0v) is 10.4. The van der Waals surface area contributed by atoms with Crippen molar-refractivity contribution in [3.05, 3.63) is 41.7 Å². The van der Waals surface area contributed by atoms with Crippen molar-refractivity contribution in [2.45, 2.75) is 32.8 Å². The van der Waals surface area contributed by atoms with Crippen LogP contribution in [0.2, 0.25) is 0 Å². The van der Waals surface area contributed by atoms with Crippen molar-refractivity contribution in [3.63, 3.8) is 0 Å². The molecule has 0 unspecified atom stereocenters. The summed E-state index contributed by atoms with van der Waals surface area (Å²) in [6.45, 7) is 6.38. The quantitative estimate of drug-likeness (QED) is 0.860. The first-order chi connectivity index (χ1) is 8.00. The lowest BCUT2D eigenvalue weighted by Crippen LogP contribution is -2.11. The van der Waals surface area contributed by atoms with E-state index < -0.39 is 0 Å². The molecule has 0 saturated heterocycles. The third-order valence-corrected chi connectivity index (χ3v) is 2.65. The van der Waals surface area contributed by atoms with Gasteiger partial charge in [0.25, 0.3) is 0 Å². The highest BCUT2D eigenvalue weighted by Crippen LogP contribution is 2.20. The summed E-state index contributed by atoms with van der Waals surface area (Å²) in [5, 5.41) is 17.3. The Kier molecular flexibility index (Phi) is 2.98. The van der Waals surface area contributed by atoms with E-state index in [1.807, 2.05) is 30.5 Å². The predicted octanol–water partition coefficient (Wildman–Crippen LogP) is 2.06. The second kappa shape index (κ2) is 4.30. The Labute approximate surface area is 101 Å². The van der Waals surface area contributed by atoms with Crippen LogP contribution < -0.4 is 0 Å². The lowest BCUT2D eigenvalue weighted by atomic mass is 9.93. The van der Waals surface area contributed by atoms with Crippen molar-refractivity contribution < 1.29 is 5.11 Å². The molecule has 0 bridgehead atoms. The van der Waals surface area contributed by atoms with Gasteiger partial charge in [-0.25, -0.2) is 4.68 Å². The van der Waals surface area contributed by atoms with Gasteiger partial charge >= 0.3 is 0 Å². The number of nitrogens with zero attached hydrogens (tertiary/aromatic N) is 3. The van der Waals surface area contributed by atoms with Gasteiger partial charge in [-0.15, -0.1) is 5.10 Å². The summed E-state index contributed by atoms with van der Waals surface area (Å²) in [5.74, 6) is 0. The van der Waals surface area contributed by atoms with Gasteiger partial charge in [-0.3, -0.25) is 0 Å². The average molecular weight is 231 g/mol. The summed E-state index contributed by atoms with van der Waals surface area (Å²) in [5.41, 5.74) is 2.81. The molecule has 1 aromatic heterocycles. The van der Waals surface area contributed by atoms with Gasteiger partial charge in [0.1, 0.15) is 0 Å². The van der Waals surface area contributed by atoms with Gasteiger partial charge in [-0.1, -0.05) is 38.1 Å².